The minimum atomic E-state index is -1.14. The second-order valence-corrected chi connectivity index (χ2v) is 7.65. The second kappa shape index (κ2) is 11.7. The number of carboxylic acid groups (broad SMARTS) is 1. The third-order valence-electron chi connectivity index (χ3n) is 4.70. The van der Waals surface area contributed by atoms with Crippen molar-refractivity contribution in [3.8, 4) is 0 Å². The number of amides is 2. The summed E-state index contributed by atoms with van der Waals surface area (Å²) < 4.78 is 6.44. The summed E-state index contributed by atoms with van der Waals surface area (Å²) in [4.78, 5) is 49.2. The predicted octanol–water partition coefficient (Wildman–Crippen LogP) is 3.18. The first kappa shape index (κ1) is 24.6. The van der Waals surface area contributed by atoms with Crippen molar-refractivity contribution in [1.29, 1.82) is 0 Å². The van der Waals surface area contributed by atoms with Crippen molar-refractivity contribution in [2.24, 2.45) is 5.92 Å². The molecule has 0 radical (unpaired) electrons. The summed E-state index contributed by atoms with van der Waals surface area (Å²) in [6.07, 6.45) is 3.53. The van der Waals surface area contributed by atoms with Gasteiger partial charge in [0, 0.05) is 18.8 Å². The monoisotopic (exact) mass is 443 g/mol. The lowest BCUT2D eigenvalue weighted by Gasteiger charge is -2.26. The number of hydrazine groups is 1. The van der Waals surface area contributed by atoms with Gasteiger partial charge in [0.25, 0.3) is 5.91 Å². The van der Waals surface area contributed by atoms with Gasteiger partial charge in [-0.2, -0.15) is 0 Å². The molecule has 0 aliphatic rings. The number of carboxylic acids is 1. The third-order valence-corrected chi connectivity index (χ3v) is 4.70. The van der Waals surface area contributed by atoms with Crippen LogP contribution in [0.4, 0.5) is 5.69 Å². The zero-order valence-electron chi connectivity index (χ0n) is 18.5. The molecule has 2 amide bonds. The van der Waals surface area contributed by atoms with Gasteiger partial charge in [0.2, 0.25) is 5.91 Å². The number of nitrogens with zero attached hydrogens (tertiary/aromatic N) is 2. The van der Waals surface area contributed by atoms with Crippen molar-refractivity contribution >= 4 is 29.4 Å². The summed E-state index contributed by atoms with van der Waals surface area (Å²) in [6.45, 7) is 5.91. The average Bonchev–Trinajstić information content (AvgIpc) is 3.28. The number of ether oxygens (including phenoxy) is 1. The molecule has 32 heavy (non-hydrogen) atoms. The molecule has 2 rings (SSSR count). The summed E-state index contributed by atoms with van der Waals surface area (Å²) in [5, 5.41) is 10.4. The van der Waals surface area contributed by atoms with E-state index in [-0.39, 0.29) is 24.9 Å². The van der Waals surface area contributed by atoms with E-state index in [9.17, 15) is 24.3 Å². The van der Waals surface area contributed by atoms with Crippen LogP contribution in [0.1, 0.15) is 56.4 Å². The maximum Gasteiger partial charge on any atom is 0.338 e. The molecule has 0 aliphatic heterocycles. The standard InChI is InChI=1S/C23H29N3O6/c1-4-32-23(31)17-8-10-18(11-9-17)26(20(27)12-7-16(2)3)24-22(30)19(15-21(28)29)25-13-5-6-14-25/h5-6,8-11,13-14,16,19H,4,7,12,15H2,1-3H3,(H,24,30)(H,28,29)/t19-/m0/s1. The molecule has 2 N–H and O–H groups in total. The SMILES string of the molecule is CCOC(=O)c1ccc(N(NC(=O)[C@H](CC(=O)O)n2cccc2)C(=O)CCC(C)C)cc1. The molecule has 9 heteroatoms. The maximum absolute atomic E-state index is 13.0. The Morgan fingerprint density at radius 2 is 1.72 bits per heavy atom. The van der Waals surface area contributed by atoms with Crippen molar-refractivity contribution in [1.82, 2.24) is 9.99 Å². The topological polar surface area (TPSA) is 118 Å². The fourth-order valence-corrected chi connectivity index (χ4v) is 3.00. The maximum atomic E-state index is 13.0. The number of benzene rings is 1. The van der Waals surface area contributed by atoms with Crippen LogP contribution in [-0.4, -0.2) is 40.0 Å². The molecule has 0 bridgehead atoms. The molecule has 9 nitrogen and oxygen atoms in total. The molecule has 0 saturated carbocycles. The van der Waals surface area contributed by atoms with E-state index in [1.165, 1.54) is 28.8 Å². The Morgan fingerprint density at radius 3 is 2.25 bits per heavy atom. The molecular formula is C23H29N3O6. The zero-order chi connectivity index (χ0) is 23.7. The van der Waals surface area contributed by atoms with Gasteiger partial charge in [-0.3, -0.25) is 19.8 Å². The number of anilines is 1. The first-order valence-electron chi connectivity index (χ1n) is 10.5. The van der Waals surface area contributed by atoms with Crippen LogP contribution in [0.5, 0.6) is 0 Å². The molecule has 0 fully saturated rings. The molecule has 172 valence electrons. The number of hydrogen-bond acceptors (Lipinski definition) is 5. The first-order valence-corrected chi connectivity index (χ1v) is 10.5. The highest BCUT2D eigenvalue weighted by atomic mass is 16.5. The van der Waals surface area contributed by atoms with Crippen LogP contribution < -0.4 is 10.4 Å². The van der Waals surface area contributed by atoms with Crippen molar-refractivity contribution in [3.05, 3.63) is 54.4 Å². The molecule has 0 spiro atoms. The predicted molar refractivity (Wildman–Crippen MR) is 118 cm³/mol. The summed E-state index contributed by atoms with van der Waals surface area (Å²) in [5.41, 5.74) is 3.23. The minimum absolute atomic E-state index is 0.185. The fourth-order valence-electron chi connectivity index (χ4n) is 3.00. The number of aromatic nitrogens is 1. The summed E-state index contributed by atoms with van der Waals surface area (Å²) in [6, 6.07) is 8.39. The highest BCUT2D eigenvalue weighted by Gasteiger charge is 2.27. The molecule has 1 aromatic carbocycles. The van der Waals surface area contributed by atoms with E-state index in [0.717, 1.165) is 5.01 Å². The van der Waals surface area contributed by atoms with E-state index in [1.54, 1.807) is 31.5 Å². The van der Waals surface area contributed by atoms with Crippen LogP contribution in [0.25, 0.3) is 0 Å². The summed E-state index contributed by atoms with van der Waals surface area (Å²) in [7, 11) is 0. The average molecular weight is 444 g/mol. The van der Waals surface area contributed by atoms with E-state index in [2.05, 4.69) is 5.43 Å². The Bertz CT molecular complexity index is 922. The molecule has 2 aromatic rings. The lowest BCUT2D eigenvalue weighted by atomic mass is 10.1. The van der Waals surface area contributed by atoms with Gasteiger partial charge < -0.3 is 14.4 Å². The van der Waals surface area contributed by atoms with Crippen molar-refractivity contribution < 1.29 is 29.0 Å². The molecule has 0 aliphatic carbocycles. The highest BCUT2D eigenvalue weighted by molar-refractivity contribution is 5.98. The number of carbonyl (C=O) groups excluding carboxylic acids is 3. The Hall–Kier alpha value is -3.62. The van der Waals surface area contributed by atoms with Gasteiger partial charge in [-0.25, -0.2) is 9.80 Å². The van der Waals surface area contributed by atoms with Gasteiger partial charge in [0.15, 0.2) is 0 Å². The molecule has 1 aromatic heterocycles. The van der Waals surface area contributed by atoms with Crippen LogP contribution in [0.15, 0.2) is 48.8 Å². The Kier molecular flexibility index (Phi) is 9.00. The van der Waals surface area contributed by atoms with Gasteiger partial charge in [-0.15, -0.1) is 0 Å². The van der Waals surface area contributed by atoms with Crippen LogP contribution >= 0.6 is 0 Å². The quantitative estimate of drug-likeness (QED) is 0.430. The molecular weight excluding hydrogens is 414 g/mol. The van der Waals surface area contributed by atoms with Gasteiger partial charge in [0.05, 0.1) is 24.3 Å². The van der Waals surface area contributed by atoms with Gasteiger partial charge in [-0.05, 0) is 55.7 Å². The van der Waals surface area contributed by atoms with Crippen molar-refractivity contribution in [3.63, 3.8) is 0 Å². The summed E-state index contributed by atoms with van der Waals surface area (Å²) in [5.74, 6) is -2.35. The minimum Gasteiger partial charge on any atom is -0.481 e. The number of rotatable bonds is 10. The highest BCUT2D eigenvalue weighted by Crippen LogP contribution is 2.19. The fraction of sp³-hybridized carbons (Fsp3) is 0.391. The van der Waals surface area contributed by atoms with Gasteiger partial charge in [0.1, 0.15) is 6.04 Å². The third kappa shape index (κ3) is 6.97. The molecule has 0 saturated heterocycles. The van der Waals surface area contributed by atoms with Crippen LogP contribution in [0.3, 0.4) is 0 Å². The number of nitrogens with one attached hydrogen (secondary N) is 1. The van der Waals surface area contributed by atoms with Crippen molar-refractivity contribution in [2.75, 3.05) is 11.6 Å². The Labute approximate surface area is 186 Å². The van der Waals surface area contributed by atoms with E-state index in [4.69, 9.17) is 4.74 Å². The lowest BCUT2D eigenvalue weighted by molar-refractivity contribution is -0.140. The van der Waals surface area contributed by atoms with E-state index >= 15 is 0 Å². The van der Waals surface area contributed by atoms with Crippen molar-refractivity contribution in [2.45, 2.75) is 46.1 Å². The van der Waals surface area contributed by atoms with Crippen LogP contribution in [-0.2, 0) is 19.1 Å². The van der Waals surface area contributed by atoms with Crippen LogP contribution in [0.2, 0.25) is 0 Å². The Morgan fingerprint density at radius 1 is 1.09 bits per heavy atom. The smallest absolute Gasteiger partial charge is 0.338 e. The Balaban J connectivity index is 2.29. The normalized spacial score (nSPS) is 11.6. The largest absolute Gasteiger partial charge is 0.481 e. The molecule has 1 heterocycles. The van der Waals surface area contributed by atoms with E-state index in [0.29, 0.717) is 17.7 Å². The number of esters is 1. The summed E-state index contributed by atoms with van der Waals surface area (Å²) >= 11 is 0. The number of aliphatic carboxylic acids is 1. The molecule has 1 atom stereocenters. The number of carbonyl (C=O) groups is 4. The zero-order valence-corrected chi connectivity index (χ0v) is 18.5. The molecule has 0 unspecified atom stereocenters. The van der Waals surface area contributed by atoms with Crippen LogP contribution in [0, 0.1) is 5.92 Å². The van der Waals surface area contributed by atoms with Gasteiger partial charge in [-0.1, -0.05) is 13.8 Å². The second-order valence-electron chi connectivity index (χ2n) is 7.65. The van der Waals surface area contributed by atoms with Gasteiger partial charge >= 0.3 is 11.9 Å². The number of hydrogen-bond donors (Lipinski definition) is 2. The lowest BCUT2D eigenvalue weighted by Crippen LogP contribution is -2.49. The van der Waals surface area contributed by atoms with E-state index < -0.39 is 30.3 Å². The van der Waals surface area contributed by atoms with E-state index in [1.807, 2.05) is 13.8 Å². The first-order chi connectivity index (χ1) is 15.2.